The quantitative estimate of drug-likeness (QED) is 0.838. The topological polar surface area (TPSA) is 63.4 Å². The highest BCUT2D eigenvalue weighted by Gasteiger charge is 2.36. The first kappa shape index (κ1) is 13.5. The number of rotatable bonds is 7. The molecule has 0 radical (unpaired) electrons. The molecule has 0 bridgehead atoms. The van der Waals surface area contributed by atoms with E-state index < -0.39 is 10.0 Å². The summed E-state index contributed by atoms with van der Waals surface area (Å²) in [6.45, 7) is 1.68. The van der Waals surface area contributed by atoms with Gasteiger partial charge in [-0.25, -0.2) is 8.42 Å². The Morgan fingerprint density at radius 2 is 1.79 bits per heavy atom. The lowest BCUT2D eigenvalue weighted by Crippen LogP contribution is -2.35. The van der Waals surface area contributed by atoms with E-state index in [2.05, 4.69) is 0 Å². The standard InChI is InChI=1S/C13H20N2O2S2/c14-7-12-13(5-6-18-12)19(16,17)15(8-10-1-2-10)9-11-3-4-11/h5-6,10-11H,1-4,7-9,14H2. The third-order valence-corrected chi connectivity index (χ3v) is 6.81. The fourth-order valence-electron chi connectivity index (χ4n) is 2.29. The summed E-state index contributed by atoms with van der Waals surface area (Å²) in [5.41, 5.74) is 5.65. The van der Waals surface area contributed by atoms with Crippen LogP contribution in [-0.2, 0) is 16.6 Å². The molecule has 1 heterocycles. The maximum atomic E-state index is 12.8. The summed E-state index contributed by atoms with van der Waals surface area (Å²) >= 11 is 1.43. The first-order valence-electron chi connectivity index (χ1n) is 6.88. The van der Waals surface area contributed by atoms with Crippen LogP contribution >= 0.6 is 11.3 Å². The average Bonchev–Trinajstić information content (AvgIpc) is 3.30. The van der Waals surface area contributed by atoms with E-state index in [4.69, 9.17) is 5.73 Å². The highest BCUT2D eigenvalue weighted by atomic mass is 32.2. The Labute approximate surface area is 118 Å². The van der Waals surface area contributed by atoms with E-state index >= 15 is 0 Å². The minimum atomic E-state index is -3.35. The van der Waals surface area contributed by atoms with Gasteiger partial charge in [0, 0.05) is 24.5 Å². The molecule has 106 valence electrons. The van der Waals surface area contributed by atoms with Crippen LogP contribution in [0.4, 0.5) is 0 Å². The molecule has 0 amide bonds. The second kappa shape index (κ2) is 5.16. The van der Waals surface area contributed by atoms with Crippen LogP contribution in [0, 0.1) is 11.8 Å². The summed E-state index contributed by atoms with van der Waals surface area (Å²) in [6.07, 6.45) is 4.68. The predicted octanol–water partition coefficient (Wildman–Crippen LogP) is 2.02. The van der Waals surface area contributed by atoms with Gasteiger partial charge in [0.05, 0.1) is 4.90 Å². The molecule has 0 saturated heterocycles. The second-order valence-electron chi connectivity index (χ2n) is 5.62. The summed E-state index contributed by atoms with van der Waals surface area (Å²) in [7, 11) is -3.35. The highest BCUT2D eigenvalue weighted by Crippen LogP contribution is 2.36. The van der Waals surface area contributed by atoms with Crippen molar-refractivity contribution in [1.82, 2.24) is 4.31 Å². The molecule has 1 aromatic rings. The van der Waals surface area contributed by atoms with Gasteiger partial charge in [0.2, 0.25) is 10.0 Å². The van der Waals surface area contributed by atoms with Crippen molar-refractivity contribution >= 4 is 21.4 Å². The zero-order valence-electron chi connectivity index (χ0n) is 10.9. The summed E-state index contributed by atoms with van der Waals surface area (Å²) in [6, 6.07) is 1.70. The van der Waals surface area contributed by atoms with E-state index in [-0.39, 0.29) is 0 Å². The normalized spacial score (nSPS) is 20.1. The number of hydrogen-bond acceptors (Lipinski definition) is 4. The second-order valence-corrected chi connectivity index (χ2v) is 8.53. The van der Waals surface area contributed by atoms with Crippen LogP contribution in [-0.4, -0.2) is 25.8 Å². The van der Waals surface area contributed by atoms with Crippen molar-refractivity contribution in [2.45, 2.75) is 37.1 Å². The molecule has 3 rings (SSSR count). The monoisotopic (exact) mass is 300 g/mol. The van der Waals surface area contributed by atoms with Crippen molar-refractivity contribution in [3.8, 4) is 0 Å². The number of hydrogen-bond donors (Lipinski definition) is 1. The van der Waals surface area contributed by atoms with Crippen LogP contribution in [0.25, 0.3) is 0 Å². The number of nitrogens with two attached hydrogens (primary N) is 1. The third kappa shape index (κ3) is 3.02. The van der Waals surface area contributed by atoms with Crippen LogP contribution in [0.5, 0.6) is 0 Å². The van der Waals surface area contributed by atoms with E-state index in [1.165, 1.54) is 37.0 Å². The molecular formula is C13H20N2O2S2. The van der Waals surface area contributed by atoms with Gasteiger partial charge in [-0.1, -0.05) is 0 Å². The Balaban J connectivity index is 1.85. The third-order valence-electron chi connectivity index (χ3n) is 3.83. The first-order chi connectivity index (χ1) is 9.11. The molecule has 0 spiro atoms. The van der Waals surface area contributed by atoms with Crippen molar-refractivity contribution in [1.29, 1.82) is 0 Å². The molecular weight excluding hydrogens is 280 g/mol. The Morgan fingerprint density at radius 1 is 1.21 bits per heavy atom. The van der Waals surface area contributed by atoms with E-state index in [0.717, 1.165) is 4.88 Å². The molecule has 0 aromatic carbocycles. The van der Waals surface area contributed by atoms with Crippen molar-refractivity contribution in [3.05, 3.63) is 16.3 Å². The average molecular weight is 300 g/mol. The molecule has 0 atom stereocenters. The van der Waals surface area contributed by atoms with Gasteiger partial charge in [0.25, 0.3) is 0 Å². The molecule has 6 heteroatoms. The van der Waals surface area contributed by atoms with Crippen molar-refractivity contribution in [2.24, 2.45) is 17.6 Å². The molecule has 0 aliphatic heterocycles. The number of thiophene rings is 1. The number of sulfonamides is 1. The summed E-state index contributed by atoms with van der Waals surface area (Å²) in [5.74, 6) is 1.15. The van der Waals surface area contributed by atoms with Gasteiger partial charge in [-0.3, -0.25) is 0 Å². The fourth-order valence-corrected chi connectivity index (χ4v) is 5.19. The van der Waals surface area contributed by atoms with Crippen LogP contribution < -0.4 is 5.73 Å². The van der Waals surface area contributed by atoms with Crippen molar-refractivity contribution in [2.75, 3.05) is 13.1 Å². The zero-order chi connectivity index (χ0) is 13.5. The SMILES string of the molecule is NCc1sccc1S(=O)(=O)N(CC1CC1)CC1CC1. The molecule has 2 aliphatic rings. The van der Waals surface area contributed by atoms with Gasteiger partial charge in [-0.05, 0) is 49.0 Å². The molecule has 2 fully saturated rings. The van der Waals surface area contributed by atoms with Gasteiger partial charge in [-0.2, -0.15) is 4.31 Å². The van der Waals surface area contributed by atoms with Crippen LogP contribution in [0.15, 0.2) is 16.3 Å². The largest absolute Gasteiger partial charge is 0.326 e. The maximum Gasteiger partial charge on any atom is 0.244 e. The van der Waals surface area contributed by atoms with Crippen LogP contribution in [0.2, 0.25) is 0 Å². The van der Waals surface area contributed by atoms with Gasteiger partial charge >= 0.3 is 0 Å². The lowest BCUT2D eigenvalue weighted by Gasteiger charge is -2.22. The predicted molar refractivity (Wildman–Crippen MR) is 76.4 cm³/mol. The van der Waals surface area contributed by atoms with Gasteiger partial charge in [0.15, 0.2) is 0 Å². The Morgan fingerprint density at radius 3 is 2.26 bits per heavy atom. The molecule has 4 nitrogen and oxygen atoms in total. The zero-order valence-corrected chi connectivity index (χ0v) is 12.5. The van der Waals surface area contributed by atoms with Crippen LogP contribution in [0.1, 0.15) is 30.6 Å². The van der Waals surface area contributed by atoms with Crippen LogP contribution in [0.3, 0.4) is 0 Å². The molecule has 0 unspecified atom stereocenters. The molecule has 1 aromatic heterocycles. The van der Waals surface area contributed by atoms with E-state index in [1.54, 1.807) is 10.4 Å². The van der Waals surface area contributed by atoms with Crippen molar-refractivity contribution < 1.29 is 8.42 Å². The Hall–Kier alpha value is -0.430. The van der Waals surface area contributed by atoms with Gasteiger partial charge in [0.1, 0.15) is 0 Å². The van der Waals surface area contributed by atoms with Gasteiger partial charge < -0.3 is 5.73 Å². The van der Waals surface area contributed by atoms with E-state index in [0.29, 0.717) is 36.4 Å². The Bertz CT molecular complexity index is 531. The minimum Gasteiger partial charge on any atom is -0.326 e. The fraction of sp³-hybridized carbons (Fsp3) is 0.692. The minimum absolute atomic E-state index is 0.299. The highest BCUT2D eigenvalue weighted by molar-refractivity contribution is 7.89. The van der Waals surface area contributed by atoms with E-state index in [1.807, 2.05) is 5.38 Å². The summed E-state index contributed by atoms with van der Waals surface area (Å²) in [5, 5.41) is 1.82. The molecule has 2 N–H and O–H groups in total. The Kier molecular flexibility index (Phi) is 3.68. The summed E-state index contributed by atoms with van der Waals surface area (Å²) in [4.78, 5) is 1.21. The molecule has 2 aliphatic carbocycles. The van der Waals surface area contributed by atoms with Gasteiger partial charge in [-0.15, -0.1) is 11.3 Å². The molecule has 2 saturated carbocycles. The first-order valence-corrected chi connectivity index (χ1v) is 9.20. The lowest BCUT2D eigenvalue weighted by atomic mass is 10.4. The number of nitrogens with zero attached hydrogens (tertiary/aromatic N) is 1. The maximum absolute atomic E-state index is 12.8. The smallest absolute Gasteiger partial charge is 0.244 e. The van der Waals surface area contributed by atoms with Crippen molar-refractivity contribution in [3.63, 3.8) is 0 Å². The summed E-state index contributed by atoms with van der Waals surface area (Å²) < 4.78 is 27.3. The van der Waals surface area contributed by atoms with E-state index in [9.17, 15) is 8.42 Å². The molecule has 19 heavy (non-hydrogen) atoms. The lowest BCUT2D eigenvalue weighted by molar-refractivity contribution is 0.382.